The lowest BCUT2D eigenvalue weighted by Crippen LogP contribution is -2.28. The summed E-state index contributed by atoms with van der Waals surface area (Å²) in [4.78, 5) is 4.42. The van der Waals surface area contributed by atoms with Gasteiger partial charge in [0, 0.05) is 5.56 Å². The zero-order valence-corrected chi connectivity index (χ0v) is 17.4. The van der Waals surface area contributed by atoms with Crippen molar-refractivity contribution in [2.45, 2.75) is 32.4 Å². The molecule has 7 nitrogen and oxygen atoms in total. The van der Waals surface area contributed by atoms with Crippen molar-refractivity contribution in [3.05, 3.63) is 58.9 Å². The average molecular weight is 394 g/mol. The smallest absolute Gasteiger partial charge is 0.222 e. The van der Waals surface area contributed by atoms with Crippen molar-refractivity contribution in [3.8, 4) is 17.2 Å². The SMILES string of the molecule is COc1ccc([C@H]2C[C@@H](c3ccc(C)c(C)c3)Nc3ncnn32)c(OC)c1OC. The molecule has 0 aliphatic carbocycles. The molecule has 0 unspecified atom stereocenters. The number of aromatic nitrogens is 3. The number of aryl methyl sites for hydroxylation is 2. The third-order valence-electron chi connectivity index (χ3n) is 5.66. The van der Waals surface area contributed by atoms with E-state index in [1.54, 1.807) is 27.7 Å². The van der Waals surface area contributed by atoms with E-state index in [9.17, 15) is 0 Å². The lowest BCUT2D eigenvalue weighted by atomic mass is 9.91. The van der Waals surface area contributed by atoms with Gasteiger partial charge >= 0.3 is 0 Å². The lowest BCUT2D eigenvalue weighted by molar-refractivity contribution is 0.315. The fraction of sp³-hybridized carbons (Fsp3) is 0.364. The first-order valence-electron chi connectivity index (χ1n) is 9.59. The normalized spacial score (nSPS) is 18.0. The fourth-order valence-electron chi connectivity index (χ4n) is 3.97. The average Bonchev–Trinajstić information content (AvgIpc) is 3.22. The minimum Gasteiger partial charge on any atom is -0.493 e. The molecule has 29 heavy (non-hydrogen) atoms. The van der Waals surface area contributed by atoms with E-state index in [4.69, 9.17) is 14.2 Å². The number of nitrogens with zero attached hydrogens (tertiary/aromatic N) is 3. The summed E-state index contributed by atoms with van der Waals surface area (Å²) >= 11 is 0. The number of hydrogen-bond acceptors (Lipinski definition) is 6. The third-order valence-corrected chi connectivity index (χ3v) is 5.66. The molecular formula is C22H26N4O3. The fourth-order valence-corrected chi connectivity index (χ4v) is 3.97. The molecule has 2 aromatic carbocycles. The van der Waals surface area contributed by atoms with Crippen molar-refractivity contribution < 1.29 is 14.2 Å². The minimum atomic E-state index is -0.0601. The Morgan fingerprint density at radius 1 is 0.966 bits per heavy atom. The van der Waals surface area contributed by atoms with Crippen molar-refractivity contribution in [2.75, 3.05) is 26.6 Å². The first kappa shape index (κ1) is 19.1. The minimum absolute atomic E-state index is 0.0601. The van der Waals surface area contributed by atoms with Crippen LogP contribution in [-0.4, -0.2) is 36.1 Å². The van der Waals surface area contributed by atoms with Gasteiger partial charge in [-0.2, -0.15) is 10.1 Å². The van der Waals surface area contributed by atoms with Crippen molar-refractivity contribution >= 4 is 5.95 Å². The summed E-state index contributed by atoms with van der Waals surface area (Å²) in [5, 5.41) is 7.98. The molecule has 1 aromatic heterocycles. The summed E-state index contributed by atoms with van der Waals surface area (Å²) in [6.45, 7) is 4.26. The van der Waals surface area contributed by atoms with E-state index in [2.05, 4.69) is 47.4 Å². The van der Waals surface area contributed by atoms with Crippen LogP contribution in [0.4, 0.5) is 5.95 Å². The molecule has 2 heterocycles. The number of rotatable bonds is 5. The van der Waals surface area contributed by atoms with Crippen LogP contribution in [0.1, 0.15) is 40.8 Å². The molecule has 152 valence electrons. The van der Waals surface area contributed by atoms with Gasteiger partial charge in [-0.3, -0.25) is 0 Å². The van der Waals surface area contributed by atoms with Crippen molar-refractivity contribution in [3.63, 3.8) is 0 Å². The number of anilines is 1. The maximum Gasteiger partial charge on any atom is 0.222 e. The second-order valence-corrected chi connectivity index (χ2v) is 7.24. The maximum atomic E-state index is 5.74. The number of fused-ring (bicyclic) bond motifs is 1. The molecule has 0 saturated carbocycles. The van der Waals surface area contributed by atoms with E-state index in [-0.39, 0.29) is 12.1 Å². The van der Waals surface area contributed by atoms with Crippen molar-refractivity contribution in [1.82, 2.24) is 14.8 Å². The Labute approximate surface area is 170 Å². The summed E-state index contributed by atoms with van der Waals surface area (Å²) in [5.41, 5.74) is 4.77. The van der Waals surface area contributed by atoms with Crippen LogP contribution in [0.3, 0.4) is 0 Å². The van der Waals surface area contributed by atoms with Crippen LogP contribution >= 0.6 is 0 Å². The highest BCUT2D eigenvalue weighted by Gasteiger charge is 2.33. The van der Waals surface area contributed by atoms with E-state index in [0.717, 1.165) is 17.9 Å². The molecule has 1 aliphatic rings. The third kappa shape index (κ3) is 3.26. The van der Waals surface area contributed by atoms with Gasteiger partial charge in [-0.15, -0.1) is 0 Å². The van der Waals surface area contributed by atoms with E-state index >= 15 is 0 Å². The van der Waals surface area contributed by atoms with Gasteiger partial charge in [0.1, 0.15) is 6.33 Å². The second-order valence-electron chi connectivity index (χ2n) is 7.24. The predicted molar refractivity (Wildman–Crippen MR) is 111 cm³/mol. The molecule has 2 atom stereocenters. The van der Waals surface area contributed by atoms with Gasteiger partial charge in [0.15, 0.2) is 11.5 Å². The molecule has 0 bridgehead atoms. The van der Waals surface area contributed by atoms with Crippen molar-refractivity contribution in [2.24, 2.45) is 0 Å². The summed E-state index contributed by atoms with van der Waals surface area (Å²) in [5.74, 6) is 2.60. The zero-order chi connectivity index (χ0) is 20.5. The summed E-state index contributed by atoms with van der Waals surface area (Å²) < 4.78 is 18.7. The number of nitrogens with one attached hydrogen (secondary N) is 1. The summed E-state index contributed by atoms with van der Waals surface area (Å²) in [6, 6.07) is 10.5. The summed E-state index contributed by atoms with van der Waals surface area (Å²) in [6.07, 6.45) is 2.37. The van der Waals surface area contributed by atoms with Gasteiger partial charge in [-0.1, -0.05) is 18.2 Å². The molecule has 0 spiro atoms. The molecule has 0 amide bonds. The standard InChI is InChI=1S/C22H26N4O3/c1-13-6-7-15(10-14(13)2)17-11-18(26-22(25-17)23-12-24-26)16-8-9-19(27-3)21(29-5)20(16)28-4/h6-10,12,17-18H,11H2,1-5H3,(H,23,24,25)/t17-,18+/m0/s1. The van der Waals surface area contributed by atoms with Crippen LogP contribution in [-0.2, 0) is 0 Å². The molecular weight excluding hydrogens is 368 g/mol. The van der Waals surface area contributed by atoms with E-state index in [1.165, 1.54) is 16.7 Å². The first-order chi connectivity index (χ1) is 14.1. The van der Waals surface area contributed by atoms with Crippen molar-refractivity contribution in [1.29, 1.82) is 0 Å². The van der Waals surface area contributed by atoms with Crippen LogP contribution in [0.15, 0.2) is 36.7 Å². The molecule has 4 rings (SSSR count). The van der Waals surface area contributed by atoms with Gasteiger partial charge in [0.05, 0.1) is 33.4 Å². The van der Waals surface area contributed by atoms with Crippen LogP contribution < -0.4 is 19.5 Å². The lowest BCUT2D eigenvalue weighted by Gasteiger charge is -2.33. The first-order valence-corrected chi connectivity index (χ1v) is 9.59. The Morgan fingerprint density at radius 2 is 1.76 bits per heavy atom. The van der Waals surface area contributed by atoms with E-state index in [1.807, 2.05) is 16.8 Å². The highest BCUT2D eigenvalue weighted by molar-refractivity contribution is 5.57. The highest BCUT2D eigenvalue weighted by atomic mass is 16.5. The Hall–Kier alpha value is -3.22. The monoisotopic (exact) mass is 394 g/mol. The van der Waals surface area contributed by atoms with Crippen LogP contribution in [0.5, 0.6) is 17.2 Å². The highest BCUT2D eigenvalue weighted by Crippen LogP contribution is 2.46. The Bertz CT molecular complexity index is 1030. The van der Waals surface area contributed by atoms with E-state index in [0.29, 0.717) is 17.2 Å². The van der Waals surface area contributed by atoms with Gasteiger partial charge in [-0.05, 0) is 49.1 Å². The Balaban J connectivity index is 1.80. The van der Waals surface area contributed by atoms with Gasteiger partial charge in [-0.25, -0.2) is 4.68 Å². The number of benzene rings is 2. The molecule has 0 radical (unpaired) electrons. The predicted octanol–water partition coefficient (Wildman–Crippen LogP) is 4.07. The van der Waals surface area contributed by atoms with E-state index < -0.39 is 0 Å². The molecule has 7 heteroatoms. The number of hydrogen-bond donors (Lipinski definition) is 1. The Morgan fingerprint density at radius 3 is 2.45 bits per heavy atom. The molecule has 1 aliphatic heterocycles. The Kier molecular flexibility index (Phi) is 5.05. The number of ether oxygens (including phenoxy) is 3. The topological polar surface area (TPSA) is 70.4 Å². The quantitative estimate of drug-likeness (QED) is 0.704. The van der Waals surface area contributed by atoms with Gasteiger partial charge in [0.2, 0.25) is 11.7 Å². The van der Waals surface area contributed by atoms with Gasteiger partial charge < -0.3 is 19.5 Å². The van der Waals surface area contributed by atoms with Crippen LogP contribution in [0.25, 0.3) is 0 Å². The van der Waals surface area contributed by atoms with Crippen LogP contribution in [0, 0.1) is 13.8 Å². The molecule has 0 saturated heterocycles. The summed E-state index contributed by atoms with van der Waals surface area (Å²) in [7, 11) is 4.88. The molecule has 1 N–H and O–H groups in total. The molecule has 0 fully saturated rings. The zero-order valence-electron chi connectivity index (χ0n) is 17.4. The molecule has 3 aromatic rings. The maximum absolute atomic E-state index is 5.74. The number of methoxy groups -OCH3 is 3. The van der Waals surface area contributed by atoms with Crippen LogP contribution in [0.2, 0.25) is 0 Å². The second kappa shape index (κ2) is 7.66. The van der Waals surface area contributed by atoms with Gasteiger partial charge in [0.25, 0.3) is 0 Å². The largest absolute Gasteiger partial charge is 0.493 e.